The average Bonchev–Trinajstić information content (AvgIpc) is 3.04. The number of hydrogen-bond acceptors (Lipinski definition) is 3. The fourth-order valence-corrected chi connectivity index (χ4v) is 2.54. The zero-order valence-electron chi connectivity index (χ0n) is 12.2. The van der Waals surface area contributed by atoms with E-state index in [2.05, 4.69) is 5.16 Å². The van der Waals surface area contributed by atoms with Gasteiger partial charge in [-0.1, -0.05) is 40.5 Å². The highest BCUT2D eigenvalue weighted by atomic mass is 35.5. The summed E-state index contributed by atoms with van der Waals surface area (Å²) in [5.74, 6) is 0.102. The Morgan fingerprint density at radius 3 is 2.48 bits per heavy atom. The van der Waals surface area contributed by atoms with Crippen molar-refractivity contribution in [3.8, 4) is 11.3 Å². The number of nitrogens with zero attached hydrogens (tertiary/aromatic N) is 2. The Hall–Kier alpha value is -2.30. The summed E-state index contributed by atoms with van der Waals surface area (Å²) in [6, 6.07) is 14.1. The van der Waals surface area contributed by atoms with Gasteiger partial charge < -0.3 is 9.42 Å². The quantitative estimate of drug-likeness (QED) is 0.675. The Morgan fingerprint density at radius 1 is 1.09 bits per heavy atom. The lowest BCUT2D eigenvalue weighted by Gasteiger charge is -2.17. The van der Waals surface area contributed by atoms with Crippen LogP contribution in [0, 0.1) is 0 Å². The molecule has 0 fully saturated rings. The van der Waals surface area contributed by atoms with Crippen LogP contribution in [0.25, 0.3) is 11.3 Å². The number of anilines is 1. The van der Waals surface area contributed by atoms with E-state index in [9.17, 15) is 4.79 Å². The Morgan fingerprint density at radius 2 is 1.78 bits per heavy atom. The third-order valence-corrected chi connectivity index (χ3v) is 4.02. The van der Waals surface area contributed by atoms with Crippen molar-refractivity contribution in [1.29, 1.82) is 0 Å². The number of carbonyl (C=O) groups excluding carboxylic acids is 1. The summed E-state index contributed by atoms with van der Waals surface area (Å²) < 4.78 is 5.25. The zero-order chi connectivity index (χ0) is 16.4. The highest BCUT2D eigenvalue weighted by Gasteiger charge is 2.23. The summed E-state index contributed by atoms with van der Waals surface area (Å²) >= 11 is 12.1. The minimum absolute atomic E-state index is 0.247. The molecule has 1 aromatic heterocycles. The molecule has 0 saturated carbocycles. The van der Waals surface area contributed by atoms with Gasteiger partial charge in [0.2, 0.25) is 0 Å². The SMILES string of the molecule is CN(C(=O)c1cnoc1-c1ccccc1Cl)c1ccc(Cl)cc1. The zero-order valence-corrected chi connectivity index (χ0v) is 13.7. The van der Waals surface area contributed by atoms with Gasteiger partial charge in [0.1, 0.15) is 5.56 Å². The molecule has 0 N–H and O–H groups in total. The number of benzene rings is 2. The molecule has 0 atom stereocenters. The van der Waals surface area contributed by atoms with E-state index >= 15 is 0 Å². The summed E-state index contributed by atoms with van der Waals surface area (Å²) in [7, 11) is 1.68. The summed E-state index contributed by atoms with van der Waals surface area (Å²) in [5, 5.41) is 4.85. The lowest BCUT2D eigenvalue weighted by molar-refractivity contribution is 0.0993. The molecular weight excluding hydrogens is 335 g/mol. The number of carbonyl (C=O) groups is 1. The van der Waals surface area contributed by atoms with Gasteiger partial charge >= 0.3 is 0 Å². The second-order valence-electron chi connectivity index (χ2n) is 4.89. The molecule has 3 rings (SSSR count). The van der Waals surface area contributed by atoms with Crippen molar-refractivity contribution in [3.63, 3.8) is 0 Å². The minimum atomic E-state index is -0.247. The van der Waals surface area contributed by atoms with E-state index in [-0.39, 0.29) is 5.91 Å². The monoisotopic (exact) mass is 346 g/mol. The van der Waals surface area contributed by atoms with Crippen molar-refractivity contribution >= 4 is 34.8 Å². The van der Waals surface area contributed by atoms with E-state index in [1.165, 1.54) is 11.1 Å². The van der Waals surface area contributed by atoms with Gasteiger partial charge in [-0.2, -0.15) is 0 Å². The van der Waals surface area contributed by atoms with Gasteiger partial charge in [0.25, 0.3) is 5.91 Å². The van der Waals surface area contributed by atoms with Crippen molar-refractivity contribution < 1.29 is 9.32 Å². The van der Waals surface area contributed by atoms with Crippen LogP contribution in [-0.2, 0) is 0 Å². The molecule has 3 aromatic rings. The van der Waals surface area contributed by atoms with E-state index in [1.807, 2.05) is 12.1 Å². The number of hydrogen-bond donors (Lipinski definition) is 0. The first-order valence-electron chi connectivity index (χ1n) is 6.81. The van der Waals surface area contributed by atoms with Crippen LogP contribution in [0.15, 0.2) is 59.3 Å². The summed E-state index contributed by atoms with van der Waals surface area (Å²) in [5.41, 5.74) is 1.68. The predicted molar refractivity (Wildman–Crippen MR) is 91.1 cm³/mol. The van der Waals surface area contributed by atoms with Crippen LogP contribution in [0.1, 0.15) is 10.4 Å². The van der Waals surface area contributed by atoms with Gasteiger partial charge in [-0.3, -0.25) is 4.79 Å². The molecule has 0 saturated heterocycles. The van der Waals surface area contributed by atoms with Gasteiger partial charge in [0.05, 0.1) is 11.2 Å². The Balaban J connectivity index is 1.97. The first kappa shape index (κ1) is 15.6. The molecule has 116 valence electrons. The molecule has 6 heteroatoms. The molecule has 1 heterocycles. The number of amides is 1. The summed E-state index contributed by atoms with van der Waals surface area (Å²) in [4.78, 5) is 14.2. The van der Waals surface area contributed by atoms with Crippen LogP contribution in [0.3, 0.4) is 0 Å². The molecule has 0 spiro atoms. The maximum Gasteiger partial charge on any atom is 0.263 e. The number of halogens is 2. The lowest BCUT2D eigenvalue weighted by atomic mass is 10.1. The van der Waals surface area contributed by atoms with Gasteiger partial charge in [-0.05, 0) is 36.4 Å². The normalized spacial score (nSPS) is 10.6. The van der Waals surface area contributed by atoms with Gasteiger partial charge in [-0.25, -0.2) is 0 Å². The van der Waals surface area contributed by atoms with Crippen LogP contribution in [-0.4, -0.2) is 18.1 Å². The maximum absolute atomic E-state index is 12.7. The fourth-order valence-electron chi connectivity index (χ4n) is 2.19. The molecule has 0 aliphatic rings. The summed E-state index contributed by atoms with van der Waals surface area (Å²) in [6.45, 7) is 0. The van der Waals surface area contributed by atoms with Crippen molar-refractivity contribution in [2.75, 3.05) is 11.9 Å². The molecule has 0 radical (unpaired) electrons. The van der Waals surface area contributed by atoms with Gasteiger partial charge in [-0.15, -0.1) is 0 Å². The van der Waals surface area contributed by atoms with Crippen LogP contribution in [0.5, 0.6) is 0 Å². The van der Waals surface area contributed by atoms with E-state index in [1.54, 1.807) is 43.4 Å². The van der Waals surface area contributed by atoms with Crippen LogP contribution in [0.2, 0.25) is 10.0 Å². The maximum atomic E-state index is 12.7. The van der Waals surface area contributed by atoms with Crippen molar-refractivity contribution in [3.05, 3.63) is 70.3 Å². The summed E-state index contributed by atoms with van der Waals surface area (Å²) in [6.07, 6.45) is 1.40. The smallest absolute Gasteiger partial charge is 0.263 e. The van der Waals surface area contributed by atoms with Crippen LogP contribution in [0.4, 0.5) is 5.69 Å². The van der Waals surface area contributed by atoms with Crippen molar-refractivity contribution in [2.24, 2.45) is 0 Å². The minimum Gasteiger partial charge on any atom is -0.355 e. The fraction of sp³-hybridized carbons (Fsp3) is 0.0588. The second-order valence-corrected chi connectivity index (χ2v) is 5.73. The van der Waals surface area contributed by atoms with E-state index < -0.39 is 0 Å². The highest BCUT2D eigenvalue weighted by molar-refractivity contribution is 6.33. The standard InChI is InChI=1S/C17H12Cl2N2O2/c1-21(12-8-6-11(18)7-9-12)17(22)14-10-20-23-16(14)13-4-2-3-5-15(13)19/h2-10H,1H3. The van der Waals surface area contributed by atoms with Gasteiger partial charge in [0.15, 0.2) is 5.76 Å². The third kappa shape index (κ3) is 3.09. The van der Waals surface area contributed by atoms with Crippen molar-refractivity contribution in [1.82, 2.24) is 5.16 Å². The Bertz CT molecular complexity index is 844. The first-order valence-corrected chi connectivity index (χ1v) is 7.56. The molecule has 23 heavy (non-hydrogen) atoms. The lowest BCUT2D eigenvalue weighted by Crippen LogP contribution is -2.26. The average molecular weight is 347 g/mol. The molecule has 0 bridgehead atoms. The Kier molecular flexibility index (Phi) is 4.37. The van der Waals surface area contributed by atoms with Crippen LogP contribution >= 0.6 is 23.2 Å². The second kappa shape index (κ2) is 6.44. The van der Waals surface area contributed by atoms with Crippen molar-refractivity contribution in [2.45, 2.75) is 0 Å². The molecule has 1 amide bonds. The molecule has 4 nitrogen and oxygen atoms in total. The number of rotatable bonds is 3. The molecule has 2 aromatic carbocycles. The first-order chi connectivity index (χ1) is 11.1. The molecule has 0 unspecified atom stereocenters. The van der Waals surface area contributed by atoms with Gasteiger partial charge in [0, 0.05) is 23.3 Å². The molecular formula is C17H12Cl2N2O2. The van der Waals surface area contributed by atoms with E-state index in [4.69, 9.17) is 27.7 Å². The Labute approximate surface area is 143 Å². The topological polar surface area (TPSA) is 46.3 Å². The number of aromatic nitrogens is 1. The largest absolute Gasteiger partial charge is 0.355 e. The molecule has 0 aliphatic carbocycles. The predicted octanol–water partition coefficient (Wildman–Crippen LogP) is 4.93. The highest BCUT2D eigenvalue weighted by Crippen LogP contribution is 2.31. The third-order valence-electron chi connectivity index (χ3n) is 3.44. The van der Waals surface area contributed by atoms with E-state index in [0.717, 1.165) is 0 Å². The van der Waals surface area contributed by atoms with Crippen LogP contribution < -0.4 is 4.90 Å². The van der Waals surface area contributed by atoms with E-state index in [0.29, 0.717) is 32.6 Å². The molecule has 0 aliphatic heterocycles.